The number of hydrogen-bond acceptors (Lipinski definition) is 4. The van der Waals surface area contributed by atoms with E-state index in [1.807, 2.05) is 11.3 Å². The van der Waals surface area contributed by atoms with Crippen molar-refractivity contribution in [1.29, 1.82) is 0 Å². The van der Waals surface area contributed by atoms with Gasteiger partial charge in [0.1, 0.15) is 5.01 Å². The number of ether oxygens (including phenoxy) is 1. The fraction of sp³-hybridized carbons (Fsp3) is 0.769. The predicted molar refractivity (Wildman–Crippen MR) is 69.5 cm³/mol. The Balaban J connectivity index is 1.98. The molecule has 1 aliphatic heterocycles. The van der Waals surface area contributed by atoms with Crippen LogP contribution in [0.2, 0.25) is 0 Å². The summed E-state index contributed by atoms with van der Waals surface area (Å²) in [4.78, 5) is 6.43. The molecule has 17 heavy (non-hydrogen) atoms. The van der Waals surface area contributed by atoms with Gasteiger partial charge in [0, 0.05) is 17.4 Å². The summed E-state index contributed by atoms with van der Waals surface area (Å²) in [5.74, 6) is 0.493. The normalized spacial score (nSPS) is 32.7. The fourth-order valence-corrected chi connectivity index (χ4v) is 4.55. The number of rotatable bonds is 2. The molecule has 0 spiro atoms. The van der Waals surface area contributed by atoms with Gasteiger partial charge < -0.3 is 10.1 Å². The van der Waals surface area contributed by atoms with Crippen LogP contribution in [0.15, 0.2) is 0 Å². The van der Waals surface area contributed by atoms with Gasteiger partial charge in [0.25, 0.3) is 0 Å². The third-order valence-electron chi connectivity index (χ3n) is 4.27. The summed E-state index contributed by atoms with van der Waals surface area (Å²) in [5.41, 5.74) is 1.41. The maximum Gasteiger partial charge on any atom is 0.114 e. The average molecular weight is 252 g/mol. The van der Waals surface area contributed by atoms with Crippen molar-refractivity contribution in [3.8, 4) is 0 Å². The molecule has 1 aromatic rings. The largest absolute Gasteiger partial charge is 0.381 e. The molecule has 2 aliphatic rings. The van der Waals surface area contributed by atoms with Crippen LogP contribution in [0.4, 0.5) is 0 Å². The van der Waals surface area contributed by atoms with Crippen molar-refractivity contribution in [2.24, 2.45) is 5.92 Å². The van der Waals surface area contributed by atoms with E-state index in [4.69, 9.17) is 9.72 Å². The van der Waals surface area contributed by atoms with Gasteiger partial charge in [-0.2, -0.15) is 0 Å². The van der Waals surface area contributed by atoms with E-state index >= 15 is 0 Å². The Morgan fingerprint density at radius 3 is 3.06 bits per heavy atom. The molecule has 2 atom stereocenters. The van der Waals surface area contributed by atoms with Crippen LogP contribution in [-0.4, -0.2) is 25.2 Å². The van der Waals surface area contributed by atoms with Gasteiger partial charge >= 0.3 is 0 Å². The van der Waals surface area contributed by atoms with Gasteiger partial charge in [0.2, 0.25) is 0 Å². The number of aromatic nitrogens is 1. The van der Waals surface area contributed by atoms with Crippen molar-refractivity contribution in [1.82, 2.24) is 10.3 Å². The van der Waals surface area contributed by atoms with Crippen molar-refractivity contribution in [3.63, 3.8) is 0 Å². The second kappa shape index (κ2) is 4.34. The summed E-state index contributed by atoms with van der Waals surface area (Å²) < 4.78 is 5.57. The third-order valence-corrected chi connectivity index (χ3v) is 5.61. The minimum Gasteiger partial charge on any atom is -0.381 e. The van der Waals surface area contributed by atoms with E-state index in [9.17, 15) is 0 Å². The maximum absolute atomic E-state index is 5.57. The molecule has 0 aromatic carbocycles. The smallest absolute Gasteiger partial charge is 0.114 e. The van der Waals surface area contributed by atoms with Crippen molar-refractivity contribution in [2.45, 2.75) is 38.1 Å². The lowest BCUT2D eigenvalue weighted by Crippen LogP contribution is -2.50. The van der Waals surface area contributed by atoms with Crippen molar-refractivity contribution >= 4 is 11.3 Å². The Morgan fingerprint density at radius 1 is 1.47 bits per heavy atom. The van der Waals surface area contributed by atoms with E-state index < -0.39 is 0 Å². The standard InChI is InChI=1S/C13H20N2OS/c1-9-8-16-7-6-13(9,14-2)12-15-10-4-3-5-11(10)17-12/h9,14H,3-8H2,1-2H3. The molecule has 3 nitrogen and oxygen atoms in total. The number of thiazole rings is 1. The highest BCUT2D eigenvalue weighted by Crippen LogP contribution is 2.40. The Hall–Kier alpha value is -0.450. The first-order chi connectivity index (χ1) is 8.26. The Labute approximate surface area is 107 Å². The third kappa shape index (κ3) is 1.74. The molecule has 3 rings (SSSR count). The van der Waals surface area contributed by atoms with E-state index in [0.717, 1.165) is 19.6 Å². The molecule has 0 radical (unpaired) electrons. The minimum absolute atomic E-state index is 0.0489. The minimum atomic E-state index is 0.0489. The van der Waals surface area contributed by atoms with Crippen molar-refractivity contribution in [2.75, 3.05) is 20.3 Å². The Morgan fingerprint density at radius 2 is 2.35 bits per heavy atom. The van der Waals surface area contributed by atoms with Crippen LogP contribution in [-0.2, 0) is 23.1 Å². The lowest BCUT2D eigenvalue weighted by molar-refractivity contribution is -0.00601. The summed E-state index contributed by atoms with van der Waals surface area (Å²) in [5, 5.41) is 4.83. The second-order valence-electron chi connectivity index (χ2n) is 5.19. The zero-order valence-electron chi connectivity index (χ0n) is 10.6. The van der Waals surface area contributed by atoms with Gasteiger partial charge in [-0.05, 0) is 32.7 Å². The fourth-order valence-electron chi connectivity index (χ4n) is 3.06. The topological polar surface area (TPSA) is 34.2 Å². The van der Waals surface area contributed by atoms with E-state index in [2.05, 4.69) is 19.3 Å². The first kappa shape index (κ1) is 11.6. The van der Waals surface area contributed by atoms with E-state index in [0.29, 0.717) is 5.92 Å². The molecule has 1 fully saturated rings. The van der Waals surface area contributed by atoms with Crippen LogP contribution >= 0.6 is 11.3 Å². The highest BCUT2D eigenvalue weighted by Gasteiger charge is 2.42. The molecule has 0 amide bonds. The Kier molecular flexibility index (Phi) is 2.97. The lowest BCUT2D eigenvalue weighted by Gasteiger charge is -2.40. The number of hydrogen-bond donors (Lipinski definition) is 1. The summed E-state index contributed by atoms with van der Waals surface area (Å²) in [6, 6.07) is 0. The van der Waals surface area contributed by atoms with Gasteiger partial charge in [-0.25, -0.2) is 4.98 Å². The number of nitrogens with one attached hydrogen (secondary N) is 1. The quantitative estimate of drug-likeness (QED) is 0.875. The average Bonchev–Trinajstić information content (AvgIpc) is 2.90. The van der Waals surface area contributed by atoms with Gasteiger partial charge in [-0.15, -0.1) is 11.3 Å². The first-order valence-corrected chi connectivity index (χ1v) is 7.33. The molecule has 4 heteroatoms. The van der Waals surface area contributed by atoms with Crippen LogP contribution in [0.1, 0.15) is 35.3 Å². The van der Waals surface area contributed by atoms with Crippen LogP contribution in [0, 0.1) is 5.92 Å². The van der Waals surface area contributed by atoms with E-state index in [1.54, 1.807) is 0 Å². The maximum atomic E-state index is 5.57. The SMILES string of the molecule is CNC1(c2nc3c(s2)CCC3)CCOCC1C. The molecule has 1 aliphatic carbocycles. The molecule has 94 valence electrons. The number of aryl methyl sites for hydroxylation is 2. The van der Waals surface area contributed by atoms with Crippen LogP contribution in [0.25, 0.3) is 0 Å². The first-order valence-electron chi connectivity index (χ1n) is 6.52. The lowest BCUT2D eigenvalue weighted by atomic mass is 9.82. The van der Waals surface area contributed by atoms with Crippen LogP contribution in [0.5, 0.6) is 0 Å². The molecular formula is C13H20N2OS. The molecule has 2 unspecified atom stereocenters. The van der Waals surface area contributed by atoms with Crippen molar-refractivity contribution < 1.29 is 4.74 Å². The monoisotopic (exact) mass is 252 g/mol. The van der Waals surface area contributed by atoms with Crippen molar-refractivity contribution in [3.05, 3.63) is 15.6 Å². The van der Waals surface area contributed by atoms with Gasteiger partial charge in [0.15, 0.2) is 0 Å². The molecule has 2 heterocycles. The summed E-state index contributed by atoms with van der Waals surface area (Å²) >= 11 is 1.93. The van der Waals surface area contributed by atoms with Gasteiger partial charge in [0.05, 0.1) is 17.8 Å². The highest BCUT2D eigenvalue weighted by atomic mass is 32.1. The summed E-state index contributed by atoms with van der Waals surface area (Å²) in [6.45, 7) is 3.95. The highest BCUT2D eigenvalue weighted by molar-refractivity contribution is 7.12. The molecule has 0 bridgehead atoms. The molecule has 1 N–H and O–H groups in total. The Bertz CT molecular complexity index is 396. The summed E-state index contributed by atoms with van der Waals surface area (Å²) in [6.07, 6.45) is 4.74. The van der Waals surface area contributed by atoms with Crippen LogP contribution < -0.4 is 5.32 Å². The molecule has 1 saturated heterocycles. The van der Waals surface area contributed by atoms with E-state index in [-0.39, 0.29) is 5.54 Å². The molecular weight excluding hydrogens is 232 g/mol. The van der Waals surface area contributed by atoms with E-state index in [1.165, 1.54) is 34.8 Å². The number of nitrogens with zero attached hydrogens (tertiary/aromatic N) is 1. The summed E-state index contributed by atoms with van der Waals surface area (Å²) in [7, 11) is 2.06. The van der Waals surface area contributed by atoms with Gasteiger partial charge in [-0.1, -0.05) is 6.92 Å². The second-order valence-corrected chi connectivity index (χ2v) is 6.27. The number of fused-ring (bicyclic) bond motifs is 1. The predicted octanol–water partition coefficient (Wildman–Crippen LogP) is 2.10. The zero-order valence-corrected chi connectivity index (χ0v) is 11.4. The molecule has 1 aromatic heterocycles. The molecule has 0 saturated carbocycles. The van der Waals surface area contributed by atoms with Crippen LogP contribution in [0.3, 0.4) is 0 Å². The zero-order chi connectivity index (χ0) is 11.9. The van der Waals surface area contributed by atoms with Gasteiger partial charge in [-0.3, -0.25) is 0 Å².